The van der Waals surface area contributed by atoms with Gasteiger partial charge in [0.15, 0.2) is 0 Å². The highest BCUT2D eigenvalue weighted by Gasteiger charge is 2.30. The summed E-state index contributed by atoms with van der Waals surface area (Å²) >= 11 is 0. The van der Waals surface area contributed by atoms with Crippen molar-refractivity contribution in [2.75, 3.05) is 13.1 Å². The predicted octanol–water partition coefficient (Wildman–Crippen LogP) is 3.70. The Balaban J connectivity index is 1.41. The van der Waals surface area contributed by atoms with Gasteiger partial charge in [0.2, 0.25) is 11.8 Å². The van der Waals surface area contributed by atoms with Gasteiger partial charge in [-0.2, -0.15) is 0 Å². The molecular formula is C22H29N3O2. The van der Waals surface area contributed by atoms with Crippen LogP contribution in [0.15, 0.2) is 28.7 Å². The Kier molecular flexibility index (Phi) is 5.30. The van der Waals surface area contributed by atoms with E-state index in [0.717, 1.165) is 68.8 Å². The van der Waals surface area contributed by atoms with E-state index in [2.05, 4.69) is 41.4 Å². The van der Waals surface area contributed by atoms with Crippen LogP contribution in [0.3, 0.4) is 0 Å². The van der Waals surface area contributed by atoms with E-state index in [1.165, 1.54) is 5.56 Å². The third kappa shape index (κ3) is 4.41. The van der Waals surface area contributed by atoms with Crippen LogP contribution in [-0.4, -0.2) is 34.9 Å². The van der Waals surface area contributed by atoms with Crippen LogP contribution in [0.1, 0.15) is 49.6 Å². The largest absolute Gasteiger partial charge is 0.441 e. The fraction of sp³-hybridized carbons (Fsp3) is 0.545. The molecule has 2 heterocycles. The van der Waals surface area contributed by atoms with Crippen LogP contribution in [0.2, 0.25) is 0 Å². The molecule has 1 saturated carbocycles. The number of amides is 1. The molecule has 144 valence electrons. The Morgan fingerprint density at radius 1 is 1.26 bits per heavy atom. The molecule has 1 N–H and O–H groups in total. The fourth-order valence-corrected chi connectivity index (χ4v) is 3.75. The third-order valence-electron chi connectivity index (χ3n) is 5.68. The monoisotopic (exact) mass is 367 g/mol. The summed E-state index contributed by atoms with van der Waals surface area (Å²) < 4.78 is 5.93. The zero-order valence-corrected chi connectivity index (χ0v) is 16.3. The summed E-state index contributed by atoms with van der Waals surface area (Å²) in [5, 5.41) is 3.15. The molecular weight excluding hydrogens is 338 g/mol. The number of likely N-dealkylation sites (tertiary alicyclic amines) is 1. The number of benzene rings is 1. The normalized spacial score (nSPS) is 20.6. The standard InChI is InChI=1S/C22H29N3O2/c1-3-16-6-8-17(9-7-16)22-24-20(15(2)27-22)14-25-12-4-5-18(13-25)21(26)23-19-10-11-19/h6-9,18-19H,3-5,10-14H2,1-2H3,(H,23,26). The smallest absolute Gasteiger partial charge is 0.226 e. The zero-order valence-electron chi connectivity index (χ0n) is 16.3. The highest BCUT2D eigenvalue weighted by atomic mass is 16.4. The SMILES string of the molecule is CCc1ccc(-c2nc(CN3CCCC(C(=O)NC4CC4)C3)c(C)o2)cc1. The summed E-state index contributed by atoms with van der Waals surface area (Å²) in [4.78, 5) is 19.5. The van der Waals surface area contributed by atoms with Gasteiger partial charge in [-0.3, -0.25) is 9.69 Å². The molecule has 2 fully saturated rings. The lowest BCUT2D eigenvalue weighted by atomic mass is 9.97. The van der Waals surface area contributed by atoms with Crippen LogP contribution in [0.4, 0.5) is 0 Å². The molecule has 2 aromatic rings. The summed E-state index contributed by atoms with van der Waals surface area (Å²) in [6, 6.07) is 8.84. The summed E-state index contributed by atoms with van der Waals surface area (Å²) in [6.07, 6.45) is 5.36. The van der Waals surface area contributed by atoms with E-state index in [1.807, 2.05) is 6.92 Å². The maximum absolute atomic E-state index is 12.4. The summed E-state index contributed by atoms with van der Waals surface area (Å²) in [5.41, 5.74) is 3.31. The van der Waals surface area contributed by atoms with E-state index in [9.17, 15) is 4.79 Å². The molecule has 0 spiro atoms. The van der Waals surface area contributed by atoms with Crippen molar-refractivity contribution in [2.45, 2.75) is 58.5 Å². The molecule has 27 heavy (non-hydrogen) atoms. The molecule has 2 aliphatic rings. The lowest BCUT2D eigenvalue weighted by Gasteiger charge is -2.31. The van der Waals surface area contributed by atoms with Gasteiger partial charge in [0.05, 0.1) is 11.6 Å². The van der Waals surface area contributed by atoms with Crippen molar-refractivity contribution in [1.29, 1.82) is 0 Å². The predicted molar refractivity (Wildman–Crippen MR) is 105 cm³/mol. The van der Waals surface area contributed by atoms with E-state index in [0.29, 0.717) is 11.9 Å². The van der Waals surface area contributed by atoms with Crippen molar-refractivity contribution in [3.05, 3.63) is 41.3 Å². The molecule has 1 aromatic carbocycles. The van der Waals surface area contributed by atoms with E-state index in [4.69, 9.17) is 9.40 Å². The number of hydrogen-bond donors (Lipinski definition) is 1. The molecule has 1 aliphatic carbocycles. The minimum Gasteiger partial charge on any atom is -0.441 e. The Labute approximate surface area is 161 Å². The first-order valence-electron chi connectivity index (χ1n) is 10.2. The molecule has 1 atom stereocenters. The van der Waals surface area contributed by atoms with Gasteiger partial charge in [0.25, 0.3) is 0 Å². The van der Waals surface area contributed by atoms with E-state index >= 15 is 0 Å². The van der Waals surface area contributed by atoms with Gasteiger partial charge in [-0.05, 0) is 63.3 Å². The van der Waals surface area contributed by atoms with Crippen LogP contribution < -0.4 is 5.32 Å². The van der Waals surface area contributed by atoms with Gasteiger partial charge in [-0.25, -0.2) is 4.98 Å². The zero-order chi connectivity index (χ0) is 18.8. The van der Waals surface area contributed by atoms with Crippen LogP contribution >= 0.6 is 0 Å². The van der Waals surface area contributed by atoms with E-state index in [1.54, 1.807) is 0 Å². The fourth-order valence-electron chi connectivity index (χ4n) is 3.75. The van der Waals surface area contributed by atoms with Crippen LogP contribution in [0.5, 0.6) is 0 Å². The highest BCUT2D eigenvalue weighted by molar-refractivity contribution is 5.79. The van der Waals surface area contributed by atoms with Crippen molar-refractivity contribution in [3.8, 4) is 11.5 Å². The number of rotatable bonds is 6. The summed E-state index contributed by atoms with van der Waals surface area (Å²) in [5.74, 6) is 1.89. The number of nitrogens with zero attached hydrogens (tertiary/aromatic N) is 2. The first-order valence-corrected chi connectivity index (χ1v) is 10.2. The average Bonchev–Trinajstić information content (AvgIpc) is 3.43. The maximum Gasteiger partial charge on any atom is 0.226 e. The summed E-state index contributed by atoms with van der Waals surface area (Å²) in [6.45, 7) is 6.70. The van der Waals surface area contributed by atoms with Gasteiger partial charge in [0, 0.05) is 24.7 Å². The molecule has 0 bridgehead atoms. The topological polar surface area (TPSA) is 58.4 Å². The van der Waals surface area contributed by atoms with Crippen LogP contribution in [-0.2, 0) is 17.8 Å². The highest BCUT2D eigenvalue weighted by Crippen LogP contribution is 2.26. The molecule has 1 aromatic heterocycles. The molecule has 5 nitrogen and oxygen atoms in total. The molecule has 1 amide bonds. The Morgan fingerprint density at radius 3 is 2.74 bits per heavy atom. The number of carbonyl (C=O) groups is 1. The Morgan fingerprint density at radius 2 is 2.04 bits per heavy atom. The number of aryl methyl sites for hydroxylation is 2. The molecule has 0 radical (unpaired) electrons. The number of nitrogens with one attached hydrogen (secondary N) is 1. The Hall–Kier alpha value is -2.14. The van der Waals surface area contributed by atoms with Gasteiger partial charge in [-0.1, -0.05) is 19.1 Å². The van der Waals surface area contributed by atoms with Gasteiger partial charge < -0.3 is 9.73 Å². The lowest BCUT2D eigenvalue weighted by Crippen LogP contribution is -2.43. The second-order valence-electron chi connectivity index (χ2n) is 7.93. The van der Waals surface area contributed by atoms with Gasteiger partial charge in [-0.15, -0.1) is 0 Å². The number of oxazole rings is 1. The first-order chi connectivity index (χ1) is 13.1. The minimum absolute atomic E-state index is 0.104. The summed E-state index contributed by atoms with van der Waals surface area (Å²) in [7, 11) is 0. The van der Waals surface area contributed by atoms with Crippen LogP contribution in [0.25, 0.3) is 11.5 Å². The number of piperidine rings is 1. The van der Waals surface area contributed by atoms with Crippen molar-refractivity contribution in [1.82, 2.24) is 15.2 Å². The average molecular weight is 367 g/mol. The van der Waals surface area contributed by atoms with E-state index in [-0.39, 0.29) is 11.8 Å². The minimum atomic E-state index is 0.104. The molecule has 4 rings (SSSR count). The second kappa shape index (κ2) is 7.85. The molecule has 1 unspecified atom stereocenters. The maximum atomic E-state index is 12.4. The molecule has 1 saturated heterocycles. The lowest BCUT2D eigenvalue weighted by molar-refractivity contribution is -0.126. The number of aromatic nitrogens is 1. The third-order valence-corrected chi connectivity index (χ3v) is 5.68. The second-order valence-corrected chi connectivity index (χ2v) is 7.93. The van der Waals surface area contributed by atoms with Gasteiger partial charge >= 0.3 is 0 Å². The first kappa shape index (κ1) is 18.2. The number of carbonyl (C=O) groups excluding carboxylic acids is 1. The quantitative estimate of drug-likeness (QED) is 0.846. The van der Waals surface area contributed by atoms with Crippen molar-refractivity contribution in [2.24, 2.45) is 5.92 Å². The van der Waals surface area contributed by atoms with Crippen LogP contribution in [0, 0.1) is 12.8 Å². The van der Waals surface area contributed by atoms with Gasteiger partial charge in [0.1, 0.15) is 5.76 Å². The van der Waals surface area contributed by atoms with Crippen molar-refractivity contribution < 1.29 is 9.21 Å². The Bertz CT molecular complexity index is 792. The van der Waals surface area contributed by atoms with Crippen molar-refractivity contribution in [3.63, 3.8) is 0 Å². The number of hydrogen-bond acceptors (Lipinski definition) is 4. The van der Waals surface area contributed by atoms with Crippen molar-refractivity contribution >= 4 is 5.91 Å². The molecule has 1 aliphatic heterocycles. The molecule has 5 heteroatoms. The van der Waals surface area contributed by atoms with E-state index < -0.39 is 0 Å².